The summed E-state index contributed by atoms with van der Waals surface area (Å²) in [4.78, 5) is 14.0. The third kappa shape index (κ3) is 3.32. The van der Waals surface area contributed by atoms with Gasteiger partial charge in [-0.1, -0.05) is 32.9 Å². The van der Waals surface area contributed by atoms with Crippen molar-refractivity contribution in [2.75, 3.05) is 0 Å². The number of nitro groups is 1. The van der Waals surface area contributed by atoms with E-state index in [2.05, 4.69) is 25.8 Å². The first-order chi connectivity index (χ1) is 9.36. The van der Waals surface area contributed by atoms with Crippen molar-refractivity contribution in [3.63, 3.8) is 0 Å². The molecule has 0 bridgehead atoms. The molecule has 20 heavy (non-hydrogen) atoms. The molecule has 0 fully saturated rings. The second kappa shape index (κ2) is 5.28. The smallest absolute Gasteiger partial charge is 0.287 e. The zero-order valence-corrected chi connectivity index (χ0v) is 11.7. The molecule has 2 rings (SSSR count). The Hall–Kier alpha value is -2.43. The van der Waals surface area contributed by atoms with Gasteiger partial charge in [-0.15, -0.1) is 0 Å². The van der Waals surface area contributed by atoms with Crippen LogP contribution in [0, 0.1) is 10.1 Å². The van der Waals surface area contributed by atoms with Crippen molar-refractivity contribution in [2.24, 2.45) is 0 Å². The van der Waals surface area contributed by atoms with Gasteiger partial charge in [0.1, 0.15) is 11.9 Å². The van der Waals surface area contributed by atoms with Gasteiger partial charge in [0.2, 0.25) is 5.88 Å². The van der Waals surface area contributed by atoms with E-state index in [0.29, 0.717) is 11.6 Å². The number of hydrogen-bond donors (Lipinski definition) is 0. The van der Waals surface area contributed by atoms with Gasteiger partial charge in [0.15, 0.2) is 0 Å². The van der Waals surface area contributed by atoms with E-state index in [1.54, 1.807) is 0 Å². The van der Waals surface area contributed by atoms with E-state index in [1.165, 1.54) is 18.3 Å². The summed E-state index contributed by atoms with van der Waals surface area (Å²) in [5.74, 6) is 1.00. The van der Waals surface area contributed by atoms with Crippen LogP contribution < -0.4 is 4.74 Å². The minimum Gasteiger partial charge on any atom is -0.439 e. The van der Waals surface area contributed by atoms with E-state index in [1.807, 2.05) is 24.3 Å². The monoisotopic (exact) mass is 272 g/mol. The van der Waals surface area contributed by atoms with E-state index in [9.17, 15) is 10.1 Å². The molecule has 5 nitrogen and oxygen atoms in total. The Bertz CT molecular complexity index is 616. The summed E-state index contributed by atoms with van der Waals surface area (Å²) in [5.41, 5.74) is 1.13. The van der Waals surface area contributed by atoms with Crippen LogP contribution >= 0.6 is 0 Å². The van der Waals surface area contributed by atoms with Gasteiger partial charge >= 0.3 is 0 Å². The fraction of sp³-hybridized carbons (Fsp3) is 0.267. The molecule has 0 aliphatic rings. The number of pyridine rings is 1. The lowest BCUT2D eigenvalue weighted by Crippen LogP contribution is -2.10. The number of rotatable bonds is 3. The molecule has 0 aliphatic heterocycles. The maximum Gasteiger partial charge on any atom is 0.287 e. The number of benzene rings is 1. The second-order valence-electron chi connectivity index (χ2n) is 5.49. The van der Waals surface area contributed by atoms with Crippen molar-refractivity contribution in [1.29, 1.82) is 0 Å². The van der Waals surface area contributed by atoms with Crippen LogP contribution in [0.4, 0.5) is 5.69 Å². The quantitative estimate of drug-likeness (QED) is 0.623. The minimum atomic E-state index is -0.489. The first-order valence-electron chi connectivity index (χ1n) is 6.25. The molecular weight excluding hydrogens is 256 g/mol. The van der Waals surface area contributed by atoms with E-state index in [0.717, 1.165) is 5.56 Å². The van der Waals surface area contributed by atoms with Gasteiger partial charge in [-0.3, -0.25) is 10.1 Å². The third-order valence-corrected chi connectivity index (χ3v) is 2.85. The van der Waals surface area contributed by atoms with E-state index < -0.39 is 4.92 Å². The predicted molar refractivity (Wildman–Crippen MR) is 76.1 cm³/mol. The Morgan fingerprint density at radius 3 is 2.50 bits per heavy atom. The highest BCUT2D eigenvalue weighted by Gasteiger charge is 2.14. The van der Waals surface area contributed by atoms with Crippen molar-refractivity contribution < 1.29 is 9.66 Å². The zero-order valence-electron chi connectivity index (χ0n) is 11.7. The average Bonchev–Trinajstić information content (AvgIpc) is 2.38. The Balaban J connectivity index is 2.20. The van der Waals surface area contributed by atoms with Crippen LogP contribution in [-0.4, -0.2) is 9.91 Å². The predicted octanol–water partition coefficient (Wildman–Crippen LogP) is 4.08. The minimum absolute atomic E-state index is 0.0300. The molecule has 0 saturated carbocycles. The normalized spacial score (nSPS) is 11.2. The van der Waals surface area contributed by atoms with Gasteiger partial charge in [0, 0.05) is 12.1 Å². The highest BCUT2D eigenvalue weighted by Crippen LogP contribution is 2.28. The fourth-order valence-corrected chi connectivity index (χ4v) is 1.69. The molecule has 1 heterocycles. The molecule has 0 N–H and O–H groups in total. The lowest BCUT2D eigenvalue weighted by molar-refractivity contribution is -0.385. The van der Waals surface area contributed by atoms with Gasteiger partial charge in [0.25, 0.3) is 5.69 Å². The summed E-state index contributed by atoms with van der Waals surface area (Å²) < 4.78 is 5.62. The van der Waals surface area contributed by atoms with Crippen LogP contribution in [0.2, 0.25) is 0 Å². The molecule has 1 aromatic carbocycles. The standard InChI is InChI=1S/C15H16N2O3/c1-15(2,3)11-5-4-6-13(9-11)20-14-8-7-12(10-16-14)17(18)19/h4-10H,1-3H3. The van der Waals surface area contributed by atoms with Crippen LogP contribution in [-0.2, 0) is 5.41 Å². The zero-order chi connectivity index (χ0) is 14.8. The van der Waals surface area contributed by atoms with Crippen LogP contribution in [0.25, 0.3) is 0 Å². The highest BCUT2D eigenvalue weighted by atomic mass is 16.6. The van der Waals surface area contributed by atoms with Crippen molar-refractivity contribution >= 4 is 5.69 Å². The SMILES string of the molecule is CC(C)(C)c1cccc(Oc2ccc([N+](=O)[O-])cn2)c1. The first kappa shape index (κ1) is 14.0. The van der Waals surface area contributed by atoms with Gasteiger partial charge in [-0.05, 0) is 23.1 Å². The van der Waals surface area contributed by atoms with Gasteiger partial charge in [0.05, 0.1) is 4.92 Å². The fourth-order valence-electron chi connectivity index (χ4n) is 1.69. The molecule has 5 heteroatoms. The topological polar surface area (TPSA) is 65.3 Å². The van der Waals surface area contributed by atoms with E-state index in [4.69, 9.17) is 4.74 Å². The summed E-state index contributed by atoms with van der Waals surface area (Å²) in [6.07, 6.45) is 1.18. The summed E-state index contributed by atoms with van der Waals surface area (Å²) in [6, 6.07) is 10.6. The average molecular weight is 272 g/mol. The molecular formula is C15H16N2O3. The lowest BCUT2D eigenvalue weighted by Gasteiger charge is -2.19. The molecule has 0 spiro atoms. The summed E-state index contributed by atoms with van der Waals surface area (Å²) in [5, 5.41) is 10.6. The molecule has 0 aliphatic carbocycles. The van der Waals surface area contributed by atoms with Crippen molar-refractivity contribution in [3.8, 4) is 11.6 Å². The summed E-state index contributed by atoms with van der Waals surface area (Å²) in [7, 11) is 0. The Labute approximate surface area is 117 Å². The molecule has 104 valence electrons. The first-order valence-corrected chi connectivity index (χ1v) is 6.25. The largest absolute Gasteiger partial charge is 0.439 e. The van der Waals surface area contributed by atoms with Gasteiger partial charge < -0.3 is 4.74 Å². The number of hydrogen-bond acceptors (Lipinski definition) is 4. The van der Waals surface area contributed by atoms with Crippen molar-refractivity contribution in [3.05, 3.63) is 58.3 Å². The van der Waals surface area contributed by atoms with E-state index in [-0.39, 0.29) is 11.1 Å². The number of aromatic nitrogens is 1. The molecule has 0 unspecified atom stereocenters. The molecule has 1 aromatic heterocycles. The van der Waals surface area contributed by atoms with Gasteiger partial charge in [-0.25, -0.2) is 4.98 Å². The van der Waals surface area contributed by atoms with Gasteiger partial charge in [-0.2, -0.15) is 0 Å². The Morgan fingerprint density at radius 1 is 1.20 bits per heavy atom. The molecule has 0 amide bonds. The molecule has 0 radical (unpaired) electrons. The van der Waals surface area contributed by atoms with Crippen LogP contribution in [0.5, 0.6) is 11.6 Å². The van der Waals surface area contributed by atoms with Crippen molar-refractivity contribution in [1.82, 2.24) is 4.98 Å². The molecule has 2 aromatic rings. The van der Waals surface area contributed by atoms with Crippen LogP contribution in [0.1, 0.15) is 26.3 Å². The second-order valence-corrected chi connectivity index (χ2v) is 5.49. The van der Waals surface area contributed by atoms with Crippen LogP contribution in [0.15, 0.2) is 42.6 Å². The molecule has 0 atom stereocenters. The third-order valence-electron chi connectivity index (χ3n) is 2.85. The Kier molecular flexibility index (Phi) is 3.70. The number of nitrogens with zero attached hydrogens (tertiary/aromatic N) is 2. The number of ether oxygens (including phenoxy) is 1. The summed E-state index contributed by atoms with van der Waals surface area (Å²) >= 11 is 0. The highest BCUT2D eigenvalue weighted by molar-refractivity contribution is 5.36. The van der Waals surface area contributed by atoms with Crippen molar-refractivity contribution in [2.45, 2.75) is 26.2 Å². The lowest BCUT2D eigenvalue weighted by atomic mass is 9.87. The Morgan fingerprint density at radius 2 is 1.95 bits per heavy atom. The van der Waals surface area contributed by atoms with E-state index >= 15 is 0 Å². The summed E-state index contributed by atoms with van der Waals surface area (Å²) in [6.45, 7) is 6.36. The maximum atomic E-state index is 10.6. The van der Waals surface area contributed by atoms with Crippen LogP contribution in [0.3, 0.4) is 0 Å². The maximum absolute atomic E-state index is 10.6. The molecule has 0 saturated heterocycles.